The van der Waals surface area contributed by atoms with E-state index in [0.717, 1.165) is 5.56 Å². The Kier molecular flexibility index (Phi) is 4.81. The van der Waals surface area contributed by atoms with Crippen LogP contribution in [-0.4, -0.2) is 18.1 Å². The molecule has 1 amide bonds. The van der Waals surface area contributed by atoms with Crippen molar-refractivity contribution in [3.05, 3.63) is 47.4 Å². The quantitative estimate of drug-likeness (QED) is 0.416. The van der Waals surface area contributed by atoms with Crippen LogP contribution in [0.3, 0.4) is 0 Å². The maximum absolute atomic E-state index is 11.3. The summed E-state index contributed by atoms with van der Waals surface area (Å²) in [6, 6.07) is 6.65. The largest absolute Gasteiger partial charge is 0.493 e. The van der Waals surface area contributed by atoms with Gasteiger partial charge in [0.05, 0.1) is 19.3 Å². The van der Waals surface area contributed by atoms with E-state index in [1.807, 2.05) is 5.43 Å². The molecule has 21 heavy (non-hydrogen) atoms. The summed E-state index contributed by atoms with van der Waals surface area (Å²) in [5, 5.41) is 9.08. The lowest BCUT2D eigenvalue weighted by atomic mass is 10.2. The van der Waals surface area contributed by atoms with E-state index >= 15 is 0 Å². The zero-order chi connectivity index (χ0) is 15.2. The predicted octanol–water partition coefficient (Wildman–Crippen LogP) is 0.963. The van der Waals surface area contributed by atoms with Crippen molar-refractivity contribution in [3.8, 4) is 11.5 Å². The Labute approximate surface area is 121 Å². The Morgan fingerprint density at radius 3 is 2.86 bits per heavy atom. The van der Waals surface area contributed by atoms with E-state index in [0.29, 0.717) is 22.8 Å². The van der Waals surface area contributed by atoms with Gasteiger partial charge in [0.15, 0.2) is 11.5 Å². The number of carbonyl (C=O) groups excluding carboxylic acids is 1. The number of nitrogens with one attached hydrogen (secondary N) is 1. The molecule has 1 aromatic carbocycles. The summed E-state index contributed by atoms with van der Waals surface area (Å²) in [5.74, 6) is 6.09. The van der Waals surface area contributed by atoms with Gasteiger partial charge in [0.1, 0.15) is 18.6 Å². The third-order valence-corrected chi connectivity index (χ3v) is 2.83. The van der Waals surface area contributed by atoms with Crippen molar-refractivity contribution >= 4 is 5.91 Å². The molecule has 0 saturated heterocycles. The van der Waals surface area contributed by atoms with Crippen LogP contribution in [0.2, 0.25) is 0 Å². The molecule has 7 nitrogen and oxygen atoms in total. The van der Waals surface area contributed by atoms with Crippen LogP contribution in [0, 0.1) is 0 Å². The minimum Gasteiger partial charge on any atom is -0.493 e. The normalized spacial score (nSPS) is 10.2. The molecular formula is C14H16N2O5. The van der Waals surface area contributed by atoms with Gasteiger partial charge in [0.25, 0.3) is 5.91 Å². The number of nitrogen functional groups attached to an aromatic ring is 1. The first kappa shape index (κ1) is 14.9. The molecule has 0 unspecified atom stereocenters. The summed E-state index contributed by atoms with van der Waals surface area (Å²) in [4.78, 5) is 11.3. The highest BCUT2D eigenvalue weighted by Crippen LogP contribution is 2.29. The molecule has 0 aliphatic heterocycles. The summed E-state index contributed by atoms with van der Waals surface area (Å²) >= 11 is 0. The van der Waals surface area contributed by atoms with E-state index in [1.165, 1.54) is 19.4 Å². The number of benzene rings is 1. The molecule has 1 heterocycles. The first-order valence-corrected chi connectivity index (χ1v) is 6.17. The second kappa shape index (κ2) is 6.78. The third-order valence-electron chi connectivity index (χ3n) is 2.83. The van der Waals surface area contributed by atoms with Gasteiger partial charge in [0.2, 0.25) is 0 Å². The van der Waals surface area contributed by atoms with Crippen LogP contribution in [0.4, 0.5) is 0 Å². The maximum Gasteiger partial charge on any atom is 0.268 e. The Morgan fingerprint density at radius 1 is 1.38 bits per heavy atom. The molecule has 1 aromatic heterocycles. The average molecular weight is 292 g/mol. The zero-order valence-electron chi connectivity index (χ0n) is 11.5. The molecule has 0 spiro atoms. The van der Waals surface area contributed by atoms with Gasteiger partial charge < -0.3 is 19.0 Å². The number of rotatable bonds is 6. The number of amides is 1. The lowest BCUT2D eigenvalue weighted by Gasteiger charge is -2.10. The fourth-order valence-electron chi connectivity index (χ4n) is 1.74. The number of methoxy groups -OCH3 is 1. The number of hydrogen-bond donors (Lipinski definition) is 3. The maximum atomic E-state index is 11.3. The average Bonchev–Trinajstić information content (AvgIpc) is 3.00. The fraction of sp³-hybridized carbons (Fsp3) is 0.214. The van der Waals surface area contributed by atoms with E-state index in [-0.39, 0.29) is 13.2 Å². The smallest absolute Gasteiger partial charge is 0.268 e. The molecule has 112 valence electrons. The Hall–Kier alpha value is -2.51. The van der Waals surface area contributed by atoms with E-state index in [4.69, 9.17) is 24.8 Å². The third kappa shape index (κ3) is 3.53. The Bertz CT molecular complexity index is 624. The van der Waals surface area contributed by atoms with Crippen LogP contribution >= 0.6 is 0 Å². The van der Waals surface area contributed by atoms with Crippen molar-refractivity contribution < 1.29 is 23.8 Å². The second-order valence-corrected chi connectivity index (χ2v) is 4.21. The van der Waals surface area contributed by atoms with Gasteiger partial charge in [-0.05, 0) is 23.8 Å². The highest BCUT2D eigenvalue weighted by atomic mass is 16.5. The number of aliphatic hydroxyl groups excluding tert-OH is 1. The zero-order valence-corrected chi connectivity index (χ0v) is 11.5. The number of hydrogen-bond acceptors (Lipinski definition) is 6. The molecule has 2 rings (SSSR count). The van der Waals surface area contributed by atoms with Crippen molar-refractivity contribution in [2.24, 2.45) is 5.84 Å². The second-order valence-electron chi connectivity index (χ2n) is 4.21. The molecule has 0 fully saturated rings. The van der Waals surface area contributed by atoms with Crippen molar-refractivity contribution in [1.29, 1.82) is 0 Å². The summed E-state index contributed by atoms with van der Waals surface area (Å²) in [6.07, 6.45) is 1.30. The summed E-state index contributed by atoms with van der Waals surface area (Å²) in [6.45, 7) is 0.0546. The lowest BCUT2D eigenvalue weighted by Crippen LogP contribution is -2.29. The van der Waals surface area contributed by atoms with Crippen molar-refractivity contribution in [3.63, 3.8) is 0 Å². The first-order valence-electron chi connectivity index (χ1n) is 6.17. The van der Waals surface area contributed by atoms with Gasteiger partial charge in [-0.3, -0.25) is 10.2 Å². The van der Waals surface area contributed by atoms with Gasteiger partial charge >= 0.3 is 0 Å². The van der Waals surface area contributed by atoms with Crippen LogP contribution < -0.4 is 20.7 Å². The number of hydrazine groups is 1. The molecule has 0 aliphatic carbocycles. The van der Waals surface area contributed by atoms with E-state index in [1.54, 1.807) is 18.2 Å². The van der Waals surface area contributed by atoms with Crippen LogP contribution in [0.15, 0.2) is 34.9 Å². The SMILES string of the molecule is COc1cc(CO)ccc1OCc1cc(C(=O)NN)co1. The summed E-state index contributed by atoms with van der Waals surface area (Å²) in [5.41, 5.74) is 3.06. The molecule has 7 heteroatoms. The van der Waals surface area contributed by atoms with Crippen molar-refractivity contribution in [2.45, 2.75) is 13.2 Å². The molecule has 0 radical (unpaired) electrons. The number of carbonyl (C=O) groups is 1. The molecule has 0 atom stereocenters. The minimum atomic E-state index is -0.435. The fourth-order valence-corrected chi connectivity index (χ4v) is 1.74. The molecule has 2 aromatic rings. The predicted molar refractivity (Wildman–Crippen MR) is 73.6 cm³/mol. The monoisotopic (exact) mass is 292 g/mol. The van der Waals surface area contributed by atoms with Crippen LogP contribution in [0.25, 0.3) is 0 Å². The van der Waals surface area contributed by atoms with E-state index in [2.05, 4.69) is 0 Å². The van der Waals surface area contributed by atoms with E-state index < -0.39 is 5.91 Å². The standard InChI is InChI=1S/C14H16N2O5/c1-19-13-4-9(6-17)2-3-12(13)21-8-11-5-10(7-20-11)14(18)16-15/h2-5,7,17H,6,8,15H2,1H3,(H,16,18). The highest BCUT2D eigenvalue weighted by Gasteiger charge is 2.11. The summed E-state index contributed by atoms with van der Waals surface area (Å²) < 4.78 is 16.0. The Balaban J connectivity index is 2.06. The lowest BCUT2D eigenvalue weighted by molar-refractivity contribution is 0.0953. The van der Waals surface area contributed by atoms with Gasteiger partial charge in [-0.15, -0.1) is 0 Å². The molecule has 0 saturated carbocycles. The Morgan fingerprint density at radius 2 is 2.19 bits per heavy atom. The van der Waals surface area contributed by atoms with Gasteiger partial charge in [0, 0.05) is 0 Å². The van der Waals surface area contributed by atoms with Gasteiger partial charge in [-0.25, -0.2) is 5.84 Å². The van der Waals surface area contributed by atoms with Gasteiger partial charge in [-0.1, -0.05) is 6.07 Å². The van der Waals surface area contributed by atoms with Gasteiger partial charge in [-0.2, -0.15) is 0 Å². The van der Waals surface area contributed by atoms with Crippen molar-refractivity contribution in [1.82, 2.24) is 5.43 Å². The molecular weight excluding hydrogens is 276 g/mol. The summed E-state index contributed by atoms with van der Waals surface area (Å²) in [7, 11) is 1.51. The van der Waals surface area contributed by atoms with Crippen LogP contribution in [0.1, 0.15) is 21.7 Å². The minimum absolute atomic E-state index is 0.0770. The molecule has 0 aliphatic rings. The molecule has 0 bridgehead atoms. The number of nitrogens with two attached hydrogens (primary N) is 1. The van der Waals surface area contributed by atoms with E-state index in [9.17, 15) is 4.79 Å². The highest BCUT2D eigenvalue weighted by molar-refractivity contribution is 5.93. The van der Waals surface area contributed by atoms with Crippen LogP contribution in [-0.2, 0) is 13.2 Å². The topological polar surface area (TPSA) is 107 Å². The number of aliphatic hydroxyl groups is 1. The number of furan rings is 1. The first-order chi connectivity index (χ1) is 10.2. The number of ether oxygens (including phenoxy) is 2. The van der Waals surface area contributed by atoms with Crippen LogP contribution in [0.5, 0.6) is 11.5 Å². The molecule has 4 N–H and O–H groups in total. The van der Waals surface area contributed by atoms with Crippen molar-refractivity contribution in [2.75, 3.05) is 7.11 Å².